The van der Waals surface area contributed by atoms with Crippen LogP contribution in [0.2, 0.25) is 0 Å². The number of nitrogens with one attached hydrogen (secondary N) is 2. The Morgan fingerprint density at radius 3 is 2.81 bits per heavy atom. The maximum Gasteiger partial charge on any atom is 0.275 e. The lowest BCUT2D eigenvalue weighted by Crippen LogP contribution is -2.48. The van der Waals surface area contributed by atoms with Crippen molar-refractivity contribution in [2.45, 2.75) is 18.3 Å². The van der Waals surface area contributed by atoms with Crippen molar-refractivity contribution in [3.05, 3.63) is 73.0 Å². The van der Waals surface area contributed by atoms with Gasteiger partial charge in [-0.1, -0.05) is 17.8 Å². The van der Waals surface area contributed by atoms with E-state index in [1.807, 2.05) is 0 Å². The third kappa shape index (κ3) is 5.24. The second kappa shape index (κ2) is 9.68. The smallest absolute Gasteiger partial charge is 0.275 e. The minimum absolute atomic E-state index is 0.00293. The van der Waals surface area contributed by atoms with E-state index in [0.29, 0.717) is 17.0 Å². The number of likely N-dealkylation sites (tertiary alicyclic amines) is 1. The van der Waals surface area contributed by atoms with Crippen molar-refractivity contribution in [2.75, 3.05) is 18.4 Å². The van der Waals surface area contributed by atoms with Gasteiger partial charge in [0, 0.05) is 30.9 Å². The van der Waals surface area contributed by atoms with Gasteiger partial charge in [-0.05, 0) is 36.4 Å². The molecule has 2 amide bonds. The highest BCUT2D eigenvalue weighted by atomic mass is 19.3. The third-order valence-electron chi connectivity index (χ3n) is 5.71. The molecule has 0 spiro atoms. The van der Waals surface area contributed by atoms with Crippen molar-refractivity contribution in [2.24, 2.45) is 0 Å². The molecule has 1 fully saturated rings. The summed E-state index contributed by atoms with van der Waals surface area (Å²) in [6, 6.07) is 9.92. The number of hydrogen-bond donors (Lipinski definition) is 2. The number of aromatic nitrogens is 6. The molecule has 13 heteroatoms. The second-order valence-electron chi connectivity index (χ2n) is 8.40. The number of H-pyrrole nitrogens is 1. The van der Waals surface area contributed by atoms with Crippen molar-refractivity contribution in [1.29, 1.82) is 0 Å². The lowest BCUT2D eigenvalue weighted by Gasteiger charge is -2.35. The molecule has 0 radical (unpaired) electrons. The summed E-state index contributed by atoms with van der Waals surface area (Å²) < 4.78 is 33.7. The monoisotopic (exact) mass is 506 g/mol. The zero-order valence-electron chi connectivity index (χ0n) is 19.3. The number of rotatable bonds is 6. The molecule has 0 unspecified atom stereocenters. The lowest BCUT2D eigenvalue weighted by atomic mass is 9.95. The van der Waals surface area contributed by atoms with Gasteiger partial charge < -0.3 is 14.7 Å². The predicted octanol–water partition coefficient (Wildman–Crippen LogP) is 3.31. The van der Waals surface area contributed by atoms with Crippen LogP contribution in [0.25, 0.3) is 22.8 Å². The number of hydrogen-bond acceptors (Lipinski definition) is 8. The van der Waals surface area contributed by atoms with Gasteiger partial charge in [0.05, 0.1) is 23.9 Å². The van der Waals surface area contributed by atoms with Gasteiger partial charge in [0.15, 0.2) is 0 Å². The van der Waals surface area contributed by atoms with Crippen molar-refractivity contribution < 1.29 is 22.9 Å². The minimum Gasteiger partial charge on any atom is -0.339 e. The number of amides is 2. The zero-order valence-corrected chi connectivity index (χ0v) is 19.3. The van der Waals surface area contributed by atoms with Crippen molar-refractivity contribution in [1.82, 2.24) is 35.2 Å². The van der Waals surface area contributed by atoms with E-state index in [1.54, 1.807) is 42.6 Å². The fraction of sp³-hybridized carbons (Fsp3) is 0.208. The molecule has 4 aromatic rings. The normalized spacial score (nSPS) is 16.8. The number of pyridine rings is 2. The van der Waals surface area contributed by atoms with E-state index < -0.39 is 36.6 Å². The number of carbonyl (C=O) groups is 2. The molecule has 5 heterocycles. The summed E-state index contributed by atoms with van der Waals surface area (Å²) in [5.74, 6) is -4.57. The Balaban J connectivity index is 1.27. The molecule has 1 atom stereocenters. The Kier molecular flexibility index (Phi) is 6.26. The SMILES string of the molecule is C=CC(=O)N1C[C@@H](c2nc(-c3ccc(NC(=O)c4cccc(-c5ccn[nH]5)n4)nc3)no2)CC(F)(F)C1. The van der Waals surface area contributed by atoms with E-state index in [4.69, 9.17) is 4.52 Å². The number of piperidine rings is 1. The van der Waals surface area contributed by atoms with Crippen LogP contribution >= 0.6 is 0 Å². The molecule has 5 rings (SSSR count). The zero-order chi connectivity index (χ0) is 26.0. The molecule has 2 N–H and O–H groups in total. The van der Waals surface area contributed by atoms with Crippen LogP contribution in [0.4, 0.5) is 14.6 Å². The molecule has 1 saturated heterocycles. The number of halogens is 2. The Morgan fingerprint density at radius 2 is 2.08 bits per heavy atom. The molecular weight excluding hydrogens is 486 g/mol. The number of anilines is 1. The summed E-state index contributed by atoms with van der Waals surface area (Å²) in [6.07, 6.45) is 3.48. The van der Waals surface area contributed by atoms with Crippen LogP contribution in [0.5, 0.6) is 0 Å². The second-order valence-corrected chi connectivity index (χ2v) is 8.40. The molecule has 0 aliphatic carbocycles. The summed E-state index contributed by atoms with van der Waals surface area (Å²) in [7, 11) is 0. The van der Waals surface area contributed by atoms with Gasteiger partial charge in [-0.15, -0.1) is 0 Å². The molecule has 4 aromatic heterocycles. The quantitative estimate of drug-likeness (QED) is 0.379. The van der Waals surface area contributed by atoms with Crippen molar-refractivity contribution in [3.8, 4) is 22.8 Å². The Labute approximate surface area is 208 Å². The van der Waals surface area contributed by atoms with Gasteiger partial charge in [-0.3, -0.25) is 14.7 Å². The fourth-order valence-corrected chi connectivity index (χ4v) is 3.97. The number of carbonyl (C=O) groups excluding carboxylic acids is 2. The van der Waals surface area contributed by atoms with E-state index in [1.165, 1.54) is 6.20 Å². The highest BCUT2D eigenvalue weighted by Crippen LogP contribution is 2.36. The lowest BCUT2D eigenvalue weighted by molar-refractivity contribution is -0.138. The maximum atomic E-state index is 14.2. The van der Waals surface area contributed by atoms with E-state index >= 15 is 0 Å². The molecule has 188 valence electrons. The van der Waals surface area contributed by atoms with E-state index in [0.717, 1.165) is 11.0 Å². The van der Waals surface area contributed by atoms with Crippen LogP contribution in [-0.2, 0) is 4.79 Å². The number of aromatic amines is 1. The Hall–Kier alpha value is -4.81. The molecule has 0 aromatic carbocycles. The highest BCUT2D eigenvalue weighted by molar-refractivity contribution is 6.02. The summed E-state index contributed by atoms with van der Waals surface area (Å²) in [6.45, 7) is 2.68. The first-order valence-corrected chi connectivity index (χ1v) is 11.2. The van der Waals surface area contributed by atoms with Crippen LogP contribution in [-0.4, -0.2) is 66.0 Å². The first-order valence-electron chi connectivity index (χ1n) is 11.2. The van der Waals surface area contributed by atoms with Crippen LogP contribution in [0.15, 0.2) is 66.0 Å². The first kappa shape index (κ1) is 23.9. The van der Waals surface area contributed by atoms with Crippen molar-refractivity contribution in [3.63, 3.8) is 0 Å². The standard InChI is InChI=1S/C24H20F2N8O3/c1-2-20(35)34-12-15(10-24(25,26)13-34)23-31-21(33-37-23)14-6-7-19(27-11-14)30-22(36)18-5-3-4-16(29-18)17-8-9-28-32-17/h2-9,11,15H,1,10,12-13H2,(H,28,32)(H,27,30,36)/t15-/m0/s1. The van der Waals surface area contributed by atoms with Gasteiger partial charge in [0.2, 0.25) is 17.6 Å². The highest BCUT2D eigenvalue weighted by Gasteiger charge is 2.44. The van der Waals surface area contributed by atoms with Gasteiger partial charge in [0.25, 0.3) is 11.8 Å². The van der Waals surface area contributed by atoms with Gasteiger partial charge in [-0.2, -0.15) is 10.1 Å². The predicted molar refractivity (Wildman–Crippen MR) is 126 cm³/mol. The summed E-state index contributed by atoms with van der Waals surface area (Å²) in [5.41, 5.74) is 1.88. The Bertz CT molecular complexity index is 1440. The molecule has 37 heavy (non-hydrogen) atoms. The summed E-state index contributed by atoms with van der Waals surface area (Å²) in [4.78, 5) is 38.3. The van der Waals surface area contributed by atoms with Crippen LogP contribution in [0, 0.1) is 0 Å². The third-order valence-corrected chi connectivity index (χ3v) is 5.71. The number of alkyl halides is 2. The summed E-state index contributed by atoms with van der Waals surface area (Å²) in [5, 5.41) is 13.2. The molecule has 11 nitrogen and oxygen atoms in total. The van der Waals surface area contributed by atoms with Gasteiger partial charge in [0.1, 0.15) is 11.5 Å². The van der Waals surface area contributed by atoms with E-state index in [2.05, 4.69) is 42.2 Å². The molecule has 0 bridgehead atoms. The Morgan fingerprint density at radius 1 is 1.22 bits per heavy atom. The summed E-state index contributed by atoms with van der Waals surface area (Å²) >= 11 is 0. The fourth-order valence-electron chi connectivity index (χ4n) is 3.97. The average Bonchev–Trinajstić information content (AvgIpc) is 3.61. The van der Waals surface area contributed by atoms with Crippen LogP contribution in [0.1, 0.15) is 28.7 Å². The molecule has 1 aliphatic heterocycles. The van der Waals surface area contributed by atoms with E-state index in [-0.39, 0.29) is 29.8 Å². The number of nitrogens with zero attached hydrogens (tertiary/aromatic N) is 6. The largest absolute Gasteiger partial charge is 0.339 e. The van der Waals surface area contributed by atoms with Gasteiger partial charge >= 0.3 is 0 Å². The molecular formula is C24H20F2N8O3. The van der Waals surface area contributed by atoms with Crippen molar-refractivity contribution >= 4 is 17.6 Å². The van der Waals surface area contributed by atoms with Crippen LogP contribution in [0.3, 0.4) is 0 Å². The van der Waals surface area contributed by atoms with E-state index in [9.17, 15) is 18.4 Å². The topological polar surface area (TPSA) is 143 Å². The maximum absolute atomic E-state index is 14.2. The van der Waals surface area contributed by atoms with Gasteiger partial charge in [-0.25, -0.2) is 18.7 Å². The minimum atomic E-state index is -3.09. The molecule has 0 saturated carbocycles. The molecule has 1 aliphatic rings. The first-order chi connectivity index (χ1) is 17.8. The van der Waals surface area contributed by atoms with Crippen LogP contribution < -0.4 is 5.32 Å². The average molecular weight is 506 g/mol.